The summed E-state index contributed by atoms with van der Waals surface area (Å²) in [5.41, 5.74) is 6.38. The molecule has 1 aliphatic rings. The van der Waals surface area contributed by atoms with Crippen molar-refractivity contribution in [3.05, 3.63) is 10.6 Å². The topological polar surface area (TPSA) is 65.2 Å². The van der Waals surface area contributed by atoms with Crippen LogP contribution in [-0.2, 0) is 16.0 Å². The van der Waals surface area contributed by atoms with Gasteiger partial charge in [0.15, 0.2) is 5.13 Å². The first-order valence-electron chi connectivity index (χ1n) is 4.05. The number of ether oxygens (including phenoxy) is 1. The number of aromatic nitrogens is 1. The first kappa shape index (κ1) is 8.50. The molecule has 2 N–H and O–H groups in total. The zero-order chi connectivity index (χ0) is 9.42. The van der Waals surface area contributed by atoms with Gasteiger partial charge in [-0.1, -0.05) is 0 Å². The van der Waals surface area contributed by atoms with E-state index in [2.05, 4.69) is 9.72 Å². The fourth-order valence-electron chi connectivity index (χ4n) is 1.62. The molecule has 1 aliphatic carbocycles. The van der Waals surface area contributed by atoms with Gasteiger partial charge in [-0.05, 0) is 12.8 Å². The van der Waals surface area contributed by atoms with Gasteiger partial charge in [0.1, 0.15) is 5.92 Å². The van der Waals surface area contributed by atoms with Crippen LogP contribution < -0.4 is 5.73 Å². The lowest BCUT2D eigenvalue weighted by Gasteiger charge is -2.04. The molecule has 2 rings (SSSR count). The highest BCUT2D eigenvalue weighted by Crippen LogP contribution is 2.37. The van der Waals surface area contributed by atoms with Gasteiger partial charge in [-0.2, -0.15) is 0 Å². The molecule has 0 bridgehead atoms. The molecule has 0 fully saturated rings. The van der Waals surface area contributed by atoms with Crippen molar-refractivity contribution in [3.8, 4) is 0 Å². The number of nitrogens with two attached hydrogens (primary N) is 1. The summed E-state index contributed by atoms with van der Waals surface area (Å²) in [6.07, 6.45) is 1.70. The minimum Gasteiger partial charge on any atom is -0.469 e. The molecule has 1 heterocycles. The van der Waals surface area contributed by atoms with E-state index in [1.54, 1.807) is 0 Å². The predicted molar refractivity (Wildman–Crippen MR) is 49.6 cm³/mol. The number of hydrogen-bond acceptors (Lipinski definition) is 5. The second-order valence-electron chi connectivity index (χ2n) is 2.97. The van der Waals surface area contributed by atoms with Gasteiger partial charge >= 0.3 is 5.97 Å². The first-order chi connectivity index (χ1) is 6.22. The SMILES string of the molecule is COC(=O)C1CCc2sc(N)nc21. The van der Waals surface area contributed by atoms with Crippen molar-refractivity contribution in [2.24, 2.45) is 0 Å². The molecular weight excluding hydrogens is 188 g/mol. The zero-order valence-corrected chi connectivity index (χ0v) is 8.06. The van der Waals surface area contributed by atoms with Crippen molar-refractivity contribution in [3.63, 3.8) is 0 Å². The van der Waals surface area contributed by atoms with Gasteiger partial charge in [0.05, 0.1) is 12.8 Å². The molecular formula is C8H10N2O2S. The molecule has 0 saturated heterocycles. The maximum Gasteiger partial charge on any atom is 0.314 e. The largest absolute Gasteiger partial charge is 0.469 e. The summed E-state index contributed by atoms with van der Waals surface area (Å²) in [6, 6.07) is 0. The fourth-order valence-corrected chi connectivity index (χ4v) is 2.53. The summed E-state index contributed by atoms with van der Waals surface area (Å²) in [5.74, 6) is -0.391. The molecule has 0 spiro atoms. The molecule has 0 aromatic carbocycles. The maximum absolute atomic E-state index is 11.3. The molecule has 0 aliphatic heterocycles. The number of nitrogens with zero attached hydrogens (tertiary/aromatic N) is 1. The van der Waals surface area contributed by atoms with E-state index in [0.717, 1.165) is 23.4 Å². The number of fused-ring (bicyclic) bond motifs is 1. The summed E-state index contributed by atoms with van der Waals surface area (Å²) < 4.78 is 4.69. The number of rotatable bonds is 1. The van der Waals surface area contributed by atoms with Crippen LogP contribution in [0, 0.1) is 0 Å². The monoisotopic (exact) mass is 198 g/mol. The Morgan fingerprint density at radius 1 is 1.77 bits per heavy atom. The highest BCUT2D eigenvalue weighted by Gasteiger charge is 2.32. The minimum absolute atomic E-state index is 0.187. The lowest BCUT2D eigenvalue weighted by Crippen LogP contribution is -2.11. The van der Waals surface area contributed by atoms with Gasteiger partial charge in [0, 0.05) is 4.88 Å². The van der Waals surface area contributed by atoms with E-state index in [4.69, 9.17) is 5.73 Å². The number of carbonyl (C=O) groups is 1. The first-order valence-corrected chi connectivity index (χ1v) is 4.87. The van der Waals surface area contributed by atoms with Crippen LogP contribution in [0.4, 0.5) is 5.13 Å². The number of hydrogen-bond donors (Lipinski definition) is 1. The Labute approximate surface area is 79.7 Å². The molecule has 70 valence electrons. The quantitative estimate of drug-likeness (QED) is 0.682. The zero-order valence-electron chi connectivity index (χ0n) is 7.24. The number of anilines is 1. The fraction of sp³-hybridized carbons (Fsp3) is 0.500. The summed E-state index contributed by atoms with van der Waals surface area (Å²) in [6.45, 7) is 0. The summed E-state index contributed by atoms with van der Waals surface area (Å²) >= 11 is 1.47. The smallest absolute Gasteiger partial charge is 0.314 e. The maximum atomic E-state index is 11.3. The van der Waals surface area contributed by atoms with Crippen molar-refractivity contribution in [1.29, 1.82) is 0 Å². The number of methoxy groups -OCH3 is 1. The molecule has 1 aromatic heterocycles. The van der Waals surface area contributed by atoms with Gasteiger partial charge in [-0.3, -0.25) is 4.79 Å². The third kappa shape index (κ3) is 1.29. The summed E-state index contributed by atoms with van der Waals surface area (Å²) in [7, 11) is 1.40. The Morgan fingerprint density at radius 3 is 3.23 bits per heavy atom. The van der Waals surface area contributed by atoms with Crippen molar-refractivity contribution in [2.75, 3.05) is 12.8 Å². The number of aryl methyl sites for hydroxylation is 1. The third-order valence-electron chi connectivity index (χ3n) is 2.22. The van der Waals surface area contributed by atoms with Gasteiger partial charge in [-0.25, -0.2) is 4.98 Å². The predicted octanol–water partition coefficient (Wildman–Crippen LogP) is 0.928. The standard InChI is InChI=1S/C8H10N2O2S/c1-12-7(11)4-2-3-5-6(4)10-8(9)13-5/h4H,2-3H2,1H3,(H2,9,10). The average Bonchev–Trinajstić information content (AvgIpc) is 2.61. The molecule has 4 nitrogen and oxygen atoms in total. The Hall–Kier alpha value is -1.10. The Balaban J connectivity index is 2.32. The Morgan fingerprint density at radius 2 is 2.54 bits per heavy atom. The van der Waals surface area contributed by atoms with Crippen LogP contribution in [0.1, 0.15) is 22.9 Å². The number of carbonyl (C=O) groups excluding carboxylic acids is 1. The van der Waals surface area contributed by atoms with Crippen LogP contribution >= 0.6 is 11.3 Å². The minimum atomic E-state index is -0.205. The summed E-state index contributed by atoms with van der Waals surface area (Å²) in [4.78, 5) is 16.6. The third-order valence-corrected chi connectivity index (χ3v) is 3.18. The summed E-state index contributed by atoms with van der Waals surface area (Å²) in [5, 5.41) is 0.540. The van der Waals surface area contributed by atoms with E-state index in [-0.39, 0.29) is 11.9 Å². The van der Waals surface area contributed by atoms with Crippen LogP contribution in [0.15, 0.2) is 0 Å². The van der Waals surface area contributed by atoms with Crippen molar-refractivity contribution in [1.82, 2.24) is 4.98 Å². The molecule has 0 amide bonds. The van der Waals surface area contributed by atoms with E-state index >= 15 is 0 Å². The van der Waals surface area contributed by atoms with Crippen LogP contribution in [0.5, 0.6) is 0 Å². The van der Waals surface area contributed by atoms with Crippen LogP contribution in [0.25, 0.3) is 0 Å². The highest BCUT2D eigenvalue weighted by molar-refractivity contribution is 7.15. The van der Waals surface area contributed by atoms with Gasteiger partial charge in [0.25, 0.3) is 0 Å². The molecule has 1 aromatic rings. The second-order valence-corrected chi connectivity index (χ2v) is 4.09. The van der Waals surface area contributed by atoms with Crippen molar-refractivity contribution < 1.29 is 9.53 Å². The lowest BCUT2D eigenvalue weighted by atomic mass is 10.1. The number of esters is 1. The molecule has 1 atom stereocenters. The van der Waals surface area contributed by atoms with E-state index in [1.165, 1.54) is 18.4 Å². The molecule has 1 unspecified atom stereocenters. The van der Waals surface area contributed by atoms with Gasteiger partial charge in [0.2, 0.25) is 0 Å². The molecule has 5 heteroatoms. The Bertz CT molecular complexity index is 348. The number of thiazole rings is 1. The Kier molecular flexibility index (Phi) is 1.95. The molecule has 13 heavy (non-hydrogen) atoms. The van der Waals surface area contributed by atoms with Gasteiger partial charge < -0.3 is 10.5 Å². The molecule has 0 saturated carbocycles. The van der Waals surface area contributed by atoms with E-state index in [0.29, 0.717) is 5.13 Å². The lowest BCUT2D eigenvalue weighted by molar-refractivity contribution is -0.142. The van der Waals surface area contributed by atoms with E-state index in [9.17, 15) is 4.79 Å². The average molecular weight is 198 g/mol. The second kappa shape index (κ2) is 2.99. The normalized spacial score (nSPS) is 19.9. The van der Waals surface area contributed by atoms with Crippen molar-refractivity contribution in [2.45, 2.75) is 18.8 Å². The van der Waals surface area contributed by atoms with E-state index in [1.807, 2.05) is 0 Å². The van der Waals surface area contributed by atoms with Crippen LogP contribution in [0.3, 0.4) is 0 Å². The molecule has 0 radical (unpaired) electrons. The van der Waals surface area contributed by atoms with Crippen LogP contribution in [0.2, 0.25) is 0 Å². The highest BCUT2D eigenvalue weighted by atomic mass is 32.1. The number of nitrogen functional groups attached to an aromatic ring is 1. The van der Waals surface area contributed by atoms with Gasteiger partial charge in [-0.15, -0.1) is 11.3 Å². The van der Waals surface area contributed by atoms with Crippen molar-refractivity contribution >= 4 is 22.4 Å². The van der Waals surface area contributed by atoms with E-state index < -0.39 is 0 Å². The van der Waals surface area contributed by atoms with Crippen LogP contribution in [-0.4, -0.2) is 18.1 Å².